The molecule has 98 valence electrons. The fourth-order valence-corrected chi connectivity index (χ4v) is 3.31. The molecule has 1 aliphatic heterocycles. The number of rotatable bonds is 2. The summed E-state index contributed by atoms with van der Waals surface area (Å²) in [5, 5.41) is 0.797. The van der Waals surface area contributed by atoms with Gasteiger partial charge in [0.1, 0.15) is 0 Å². The molecule has 2 fully saturated rings. The Labute approximate surface area is 112 Å². The van der Waals surface area contributed by atoms with Crippen molar-refractivity contribution >= 4 is 21.8 Å². The maximum Gasteiger partial charge on any atom is 0.225 e. The van der Waals surface area contributed by atoms with Gasteiger partial charge in [-0.25, -0.2) is 0 Å². The molecule has 0 spiro atoms. The molecule has 2 aliphatic rings. The van der Waals surface area contributed by atoms with Crippen LogP contribution in [0, 0.1) is 5.92 Å². The van der Waals surface area contributed by atoms with Crippen molar-refractivity contribution in [1.82, 2.24) is 4.90 Å². The van der Waals surface area contributed by atoms with Crippen molar-refractivity contribution in [3.8, 4) is 0 Å². The van der Waals surface area contributed by atoms with Gasteiger partial charge in [-0.2, -0.15) is 0 Å². The Morgan fingerprint density at radius 3 is 2.65 bits per heavy atom. The molecule has 1 unspecified atom stereocenters. The topological polar surface area (TPSA) is 29.5 Å². The molecule has 1 saturated carbocycles. The van der Waals surface area contributed by atoms with E-state index < -0.39 is 0 Å². The Balaban J connectivity index is 2.01. The lowest BCUT2D eigenvalue weighted by molar-refractivity contribution is -0.160. The maximum absolute atomic E-state index is 12.4. The third kappa shape index (κ3) is 3.22. The van der Waals surface area contributed by atoms with Crippen molar-refractivity contribution in [2.24, 2.45) is 5.92 Å². The predicted octanol–water partition coefficient (Wildman–Crippen LogP) is 2.58. The third-order valence-electron chi connectivity index (χ3n) is 3.67. The first-order valence-corrected chi connectivity index (χ1v) is 7.66. The van der Waals surface area contributed by atoms with Crippen molar-refractivity contribution in [3.63, 3.8) is 0 Å². The molecule has 0 bridgehead atoms. The number of amides is 1. The van der Waals surface area contributed by atoms with Gasteiger partial charge in [-0.15, -0.1) is 0 Å². The van der Waals surface area contributed by atoms with E-state index in [0.717, 1.165) is 31.3 Å². The van der Waals surface area contributed by atoms with Crippen LogP contribution in [-0.2, 0) is 9.53 Å². The summed E-state index contributed by atoms with van der Waals surface area (Å²) in [7, 11) is 0. The molecule has 0 radical (unpaired) electrons. The van der Waals surface area contributed by atoms with Crippen LogP contribution in [0.5, 0.6) is 0 Å². The number of alkyl halides is 1. The zero-order chi connectivity index (χ0) is 12.5. The van der Waals surface area contributed by atoms with Crippen LogP contribution in [0.15, 0.2) is 0 Å². The lowest BCUT2D eigenvalue weighted by Crippen LogP contribution is -2.56. The molecular weight excluding hydrogens is 282 g/mol. The van der Waals surface area contributed by atoms with Crippen molar-refractivity contribution in [1.29, 1.82) is 0 Å². The highest BCUT2D eigenvalue weighted by Crippen LogP contribution is 2.29. The van der Waals surface area contributed by atoms with Gasteiger partial charge in [0.2, 0.25) is 5.91 Å². The molecule has 0 aromatic heterocycles. The van der Waals surface area contributed by atoms with Gasteiger partial charge >= 0.3 is 0 Å². The molecule has 4 heteroatoms. The van der Waals surface area contributed by atoms with Crippen LogP contribution in [-0.4, -0.2) is 40.9 Å². The van der Waals surface area contributed by atoms with Gasteiger partial charge in [0, 0.05) is 24.3 Å². The molecule has 3 nitrogen and oxygen atoms in total. The van der Waals surface area contributed by atoms with Gasteiger partial charge in [0.05, 0.1) is 11.7 Å². The summed E-state index contributed by atoms with van der Waals surface area (Å²) >= 11 is 3.46. The lowest BCUT2D eigenvalue weighted by atomic mass is 10.0. The van der Waals surface area contributed by atoms with Crippen LogP contribution in [0.1, 0.15) is 39.5 Å². The quantitative estimate of drug-likeness (QED) is 0.734. The first kappa shape index (κ1) is 13.3. The summed E-state index contributed by atoms with van der Waals surface area (Å²) < 4.78 is 5.93. The first-order valence-electron chi connectivity index (χ1n) is 6.54. The van der Waals surface area contributed by atoms with Gasteiger partial charge in [-0.1, -0.05) is 28.8 Å². The number of hydrogen-bond donors (Lipinski definition) is 0. The minimum atomic E-state index is -0.217. The SMILES string of the molecule is CC1(C)CN(C(=O)C2CCCC2)CC(CBr)O1. The largest absolute Gasteiger partial charge is 0.368 e. The van der Waals surface area contributed by atoms with Crippen LogP contribution in [0.4, 0.5) is 0 Å². The van der Waals surface area contributed by atoms with Crippen molar-refractivity contribution in [3.05, 3.63) is 0 Å². The number of carbonyl (C=O) groups is 1. The van der Waals surface area contributed by atoms with Gasteiger partial charge < -0.3 is 9.64 Å². The van der Waals surface area contributed by atoms with Gasteiger partial charge in [-0.3, -0.25) is 4.79 Å². The number of morpholine rings is 1. The molecular formula is C13H22BrNO2. The average Bonchev–Trinajstić information content (AvgIpc) is 2.79. The second kappa shape index (κ2) is 5.27. The fourth-order valence-electron chi connectivity index (χ4n) is 2.97. The molecule has 0 N–H and O–H groups in total. The Morgan fingerprint density at radius 2 is 2.06 bits per heavy atom. The smallest absolute Gasteiger partial charge is 0.225 e. The monoisotopic (exact) mass is 303 g/mol. The van der Waals surface area contributed by atoms with Gasteiger partial charge in [0.25, 0.3) is 0 Å². The van der Waals surface area contributed by atoms with Crippen molar-refractivity contribution in [2.45, 2.75) is 51.2 Å². The van der Waals surface area contributed by atoms with Crippen LogP contribution in [0.25, 0.3) is 0 Å². The molecule has 1 amide bonds. The van der Waals surface area contributed by atoms with E-state index in [1.165, 1.54) is 12.8 Å². The standard InChI is InChI=1S/C13H22BrNO2/c1-13(2)9-15(8-11(7-14)17-13)12(16)10-5-3-4-6-10/h10-11H,3-9H2,1-2H3. The normalized spacial score (nSPS) is 29.6. The fraction of sp³-hybridized carbons (Fsp3) is 0.923. The third-order valence-corrected chi connectivity index (χ3v) is 4.39. The second-order valence-electron chi connectivity index (χ2n) is 5.85. The molecule has 0 aromatic carbocycles. The van der Waals surface area contributed by atoms with E-state index in [2.05, 4.69) is 29.8 Å². The zero-order valence-corrected chi connectivity index (χ0v) is 12.3. The van der Waals surface area contributed by atoms with Crippen molar-refractivity contribution < 1.29 is 9.53 Å². The van der Waals surface area contributed by atoms with E-state index in [-0.39, 0.29) is 17.6 Å². The van der Waals surface area contributed by atoms with Crippen LogP contribution >= 0.6 is 15.9 Å². The lowest BCUT2D eigenvalue weighted by Gasteiger charge is -2.43. The minimum absolute atomic E-state index is 0.129. The van der Waals surface area contributed by atoms with Crippen LogP contribution < -0.4 is 0 Å². The number of nitrogens with zero attached hydrogens (tertiary/aromatic N) is 1. The Hall–Kier alpha value is -0.0900. The average molecular weight is 304 g/mol. The Kier molecular flexibility index (Phi) is 4.14. The van der Waals surface area contributed by atoms with Gasteiger partial charge in [0.15, 0.2) is 0 Å². The van der Waals surface area contributed by atoms with Crippen LogP contribution in [0.2, 0.25) is 0 Å². The second-order valence-corrected chi connectivity index (χ2v) is 6.50. The highest BCUT2D eigenvalue weighted by atomic mass is 79.9. The highest BCUT2D eigenvalue weighted by Gasteiger charge is 2.37. The summed E-state index contributed by atoms with van der Waals surface area (Å²) in [5.74, 6) is 0.629. The molecule has 17 heavy (non-hydrogen) atoms. The van der Waals surface area contributed by atoms with E-state index in [1.807, 2.05) is 4.90 Å². The van der Waals surface area contributed by atoms with E-state index in [4.69, 9.17) is 4.74 Å². The predicted molar refractivity (Wildman–Crippen MR) is 71.3 cm³/mol. The van der Waals surface area contributed by atoms with E-state index in [1.54, 1.807) is 0 Å². The van der Waals surface area contributed by atoms with Gasteiger partial charge in [-0.05, 0) is 26.7 Å². The van der Waals surface area contributed by atoms with E-state index >= 15 is 0 Å². The molecule has 1 atom stereocenters. The highest BCUT2D eigenvalue weighted by molar-refractivity contribution is 9.09. The number of ether oxygens (including phenoxy) is 1. The molecule has 0 aromatic rings. The van der Waals surface area contributed by atoms with Crippen molar-refractivity contribution in [2.75, 3.05) is 18.4 Å². The summed E-state index contributed by atoms with van der Waals surface area (Å²) in [4.78, 5) is 14.4. The summed E-state index contributed by atoms with van der Waals surface area (Å²) in [6.07, 6.45) is 4.72. The molecule has 2 rings (SSSR count). The summed E-state index contributed by atoms with van der Waals surface area (Å²) in [6.45, 7) is 5.60. The summed E-state index contributed by atoms with van der Waals surface area (Å²) in [5.41, 5.74) is -0.217. The minimum Gasteiger partial charge on any atom is -0.368 e. The molecule has 1 saturated heterocycles. The van der Waals surface area contributed by atoms with E-state index in [9.17, 15) is 4.79 Å². The summed E-state index contributed by atoms with van der Waals surface area (Å²) in [6, 6.07) is 0. The maximum atomic E-state index is 12.4. The Morgan fingerprint density at radius 1 is 1.41 bits per heavy atom. The van der Waals surface area contributed by atoms with E-state index in [0.29, 0.717) is 5.91 Å². The molecule has 1 heterocycles. The van der Waals surface area contributed by atoms with Crippen LogP contribution in [0.3, 0.4) is 0 Å². The Bertz CT molecular complexity index is 287. The number of carbonyl (C=O) groups excluding carboxylic acids is 1. The zero-order valence-electron chi connectivity index (χ0n) is 10.7. The number of halogens is 1. The molecule has 1 aliphatic carbocycles. The first-order chi connectivity index (χ1) is 8.02. The number of hydrogen-bond acceptors (Lipinski definition) is 2.